The largest absolute Gasteiger partial charge is 0.511 e. The predicted octanol–water partition coefficient (Wildman–Crippen LogP) is 9.20. The molecular formula is C33H63ErO6+3. The van der Waals surface area contributed by atoms with Crippen molar-refractivity contribution in [2.75, 3.05) is 0 Å². The predicted molar refractivity (Wildman–Crippen MR) is 170 cm³/mol. The summed E-state index contributed by atoms with van der Waals surface area (Å²) in [5.41, 5.74) is -1.84. The van der Waals surface area contributed by atoms with E-state index in [1.165, 1.54) is 18.2 Å². The first-order chi connectivity index (χ1) is 16.6. The second-order valence-corrected chi connectivity index (χ2v) is 16.2. The van der Waals surface area contributed by atoms with Gasteiger partial charge in [-0.05, 0) is 62.3 Å². The van der Waals surface area contributed by atoms with Gasteiger partial charge in [0, 0.05) is 53.6 Å². The van der Waals surface area contributed by atoms with Crippen molar-refractivity contribution < 1.29 is 67.0 Å². The number of aliphatic hydroxyl groups is 3. The molecule has 6 N–H and O–H groups in total. The van der Waals surface area contributed by atoms with Gasteiger partial charge in [-0.1, -0.05) is 62.3 Å². The van der Waals surface area contributed by atoms with Crippen LogP contribution in [0.3, 0.4) is 0 Å². The number of ketones is 3. The van der Waals surface area contributed by atoms with Crippen molar-refractivity contribution in [3.63, 3.8) is 0 Å². The molecule has 0 aliphatic carbocycles. The summed E-state index contributed by atoms with van der Waals surface area (Å²) < 4.78 is 0. The third-order valence-corrected chi connectivity index (χ3v) is 5.43. The van der Waals surface area contributed by atoms with Gasteiger partial charge in [0.15, 0.2) is 0 Å². The fourth-order valence-electron chi connectivity index (χ4n) is 1.69. The van der Waals surface area contributed by atoms with Gasteiger partial charge in [0.05, 0.1) is 34.5 Å². The van der Waals surface area contributed by atoms with Crippen molar-refractivity contribution in [1.29, 1.82) is 0 Å². The monoisotopic (exact) mass is 721 g/mol. The zero-order valence-corrected chi connectivity index (χ0v) is 30.6. The van der Waals surface area contributed by atoms with Crippen molar-refractivity contribution in [3.8, 4) is 0 Å². The van der Waals surface area contributed by atoms with Gasteiger partial charge < -0.3 is 15.3 Å². The average molecular weight is 723 g/mol. The Hall–Kier alpha value is -1.12. The Kier molecular flexibility index (Phi) is 18.9. The first kappa shape index (κ1) is 45.9. The van der Waals surface area contributed by atoms with Crippen LogP contribution in [0.25, 0.3) is 0 Å². The number of rotatable bonds is 3. The standard InChI is InChI=1S/3C11H20O2.Er/c3*1-10(2,3)8(12)7-9(13)11(4,5)6;/h3*7,12H,1-6H3;/p+3/b3*8-7-;. The second kappa shape index (κ2) is 16.5. The summed E-state index contributed by atoms with van der Waals surface area (Å²) in [6.07, 6.45) is 4.33. The third kappa shape index (κ3) is 21.6. The van der Waals surface area contributed by atoms with E-state index >= 15 is 0 Å². The van der Waals surface area contributed by atoms with Crippen LogP contribution in [0.2, 0.25) is 0 Å². The summed E-state index contributed by atoms with van der Waals surface area (Å²) in [5.74, 6) is 1.25. The Morgan fingerprint density at radius 2 is 0.475 bits per heavy atom. The minimum absolute atomic E-state index is 0. The molecule has 7 heteroatoms. The maximum absolute atomic E-state index is 9.60. The van der Waals surface area contributed by atoms with E-state index in [-0.39, 0.29) is 104 Å². The number of hydrogen-bond donors (Lipinski definition) is 3. The number of hydrogen-bond acceptors (Lipinski definition) is 3. The molecular weight excluding hydrogens is 660 g/mol. The van der Waals surface area contributed by atoms with Gasteiger partial charge in [-0.25, -0.2) is 0 Å². The zero-order chi connectivity index (χ0) is 32.6. The van der Waals surface area contributed by atoms with Crippen molar-refractivity contribution in [1.82, 2.24) is 0 Å². The zero-order valence-electron chi connectivity index (χ0n) is 28.7. The molecule has 0 aliphatic rings. The van der Waals surface area contributed by atoms with Crippen LogP contribution in [0.4, 0.5) is 0 Å². The first-order valence-corrected chi connectivity index (χ1v) is 13.6. The van der Waals surface area contributed by atoms with Crippen LogP contribution < -0.4 is 0 Å². The molecule has 0 aromatic carbocycles. The molecule has 0 unspecified atom stereocenters. The SMILES string of the molecule is CC(C)(C)C(=[OH+])/C=C(\O)C(C)(C)C.CC(C)(C)C(=[OH+])/C=C(\O)C(C)(C)C.CC(C)(C)C(=[OH+])/C=C(\O)C(C)(C)C.[Er]. The van der Waals surface area contributed by atoms with E-state index in [1.54, 1.807) is 0 Å². The minimum Gasteiger partial charge on any atom is -0.511 e. The van der Waals surface area contributed by atoms with Crippen LogP contribution in [0.5, 0.6) is 0 Å². The van der Waals surface area contributed by atoms with Crippen molar-refractivity contribution in [2.24, 2.45) is 32.5 Å². The summed E-state index contributed by atoms with van der Waals surface area (Å²) in [5, 5.41) is 28.8. The van der Waals surface area contributed by atoms with E-state index in [1.807, 2.05) is 125 Å². The number of aliphatic hydroxyl groups excluding tert-OH is 3. The van der Waals surface area contributed by atoms with Crippen molar-refractivity contribution >= 4 is 17.3 Å². The average Bonchev–Trinajstić information content (AvgIpc) is 2.64. The van der Waals surface area contributed by atoms with Crippen molar-refractivity contribution in [3.05, 3.63) is 35.5 Å². The van der Waals surface area contributed by atoms with E-state index in [0.717, 1.165) is 0 Å². The molecule has 0 spiro atoms. The smallest absolute Gasteiger partial charge is 0.325 e. The summed E-state index contributed by atoms with van der Waals surface area (Å²) >= 11 is 0. The quantitative estimate of drug-likeness (QED) is 0.153. The summed E-state index contributed by atoms with van der Waals surface area (Å²) in [6, 6.07) is 0. The molecule has 0 amide bonds. The van der Waals surface area contributed by atoms with Crippen LogP contribution in [0.15, 0.2) is 35.5 Å². The molecule has 0 rings (SSSR count). The molecule has 0 radical (unpaired) electrons. The Balaban J connectivity index is -0.000000240. The maximum Gasteiger partial charge on any atom is 0.325 e. The molecule has 0 aromatic rings. The van der Waals surface area contributed by atoms with Crippen LogP contribution >= 0.6 is 0 Å². The van der Waals surface area contributed by atoms with Gasteiger partial charge >= 0.3 is 17.3 Å². The summed E-state index contributed by atoms with van der Waals surface area (Å²) in [6.45, 7) is 34.2. The second-order valence-electron chi connectivity index (χ2n) is 16.2. The molecule has 0 bridgehead atoms. The van der Waals surface area contributed by atoms with Gasteiger partial charge in [-0.2, -0.15) is 0 Å². The molecule has 0 atom stereocenters. The molecule has 0 saturated heterocycles. The topological polar surface area (TPSA) is 125 Å². The van der Waals surface area contributed by atoms with E-state index in [4.69, 9.17) is 0 Å². The fraction of sp³-hybridized carbons (Fsp3) is 0.727. The van der Waals surface area contributed by atoms with Gasteiger partial charge in [-0.15, -0.1) is 0 Å². The van der Waals surface area contributed by atoms with Crippen LogP contribution in [0, 0.1) is 69.8 Å². The fourth-order valence-corrected chi connectivity index (χ4v) is 1.69. The van der Waals surface area contributed by atoms with E-state index in [2.05, 4.69) is 0 Å². The molecule has 0 heterocycles. The van der Waals surface area contributed by atoms with Crippen LogP contribution in [-0.4, -0.2) is 47.1 Å². The third-order valence-electron chi connectivity index (χ3n) is 5.43. The normalized spacial score (nSPS) is 14.1. The van der Waals surface area contributed by atoms with Gasteiger partial charge in [0.1, 0.15) is 17.3 Å². The number of allylic oxidation sites excluding steroid dienone is 6. The van der Waals surface area contributed by atoms with Crippen LogP contribution in [0.1, 0.15) is 125 Å². The molecule has 240 valence electrons. The van der Waals surface area contributed by atoms with Crippen LogP contribution in [-0.2, 0) is 0 Å². The van der Waals surface area contributed by atoms with E-state index in [9.17, 15) is 29.7 Å². The first-order valence-electron chi connectivity index (χ1n) is 13.6. The molecule has 0 saturated carbocycles. The Labute approximate surface area is 275 Å². The Bertz CT molecular complexity index is 801. The molecule has 0 fully saturated rings. The molecule has 40 heavy (non-hydrogen) atoms. The molecule has 6 nitrogen and oxygen atoms in total. The summed E-state index contributed by atoms with van der Waals surface area (Å²) in [7, 11) is 0. The number of carbonyl (C=O) groups excluding carboxylic acids is 3. The maximum atomic E-state index is 9.60. The van der Waals surface area contributed by atoms with E-state index < -0.39 is 0 Å². The van der Waals surface area contributed by atoms with Crippen molar-refractivity contribution in [2.45, 2.75) is 125 Å². The molecule has 0 aromatic heterocycles. The van der Waals surface area contributed by atoms with Gasteiger partial charge in [0.25, 0.3) is 0 Å². The Morgan fingerprint density at radius 3 is 0.550 bits per heavy atom. The Morgan fingerprint density at radius 1 is 0.350 bits per heavy atom. The summed E-state index contributed by atoms with van der Waals surface area (Å²) in [4.78, 5) is 28.8. The minimum atomic E-state index is -0.306. The van der Waals surface area contributed by atoms with Gasteiger partial charge in [-0.3, -0.25) is 14.4 Å². The van der Waals surface area contributed by atoms with E-state index in [0.29, 0.717) is 0 Å². The molecule has 0 aliphatic heterocycles. The van der Waals surface area contributed by atoms with Gasteiger partial charge in [0.2, 0.25) is 0 Å².